The van der Waals surface area contributed by atoms with E-state index in [9.17, 15) is 8.42 Å². The second kappa shape index (κ2) is 8.99. The van der Waals surface area contributed by atoms with E-state index in [1.807, 2.05) is 37.3 Å². The number of aliphatic imine (C=N–C) groups is 1. The number of benzene rings is 1. The van der Waals surface area contributed by atoms with Gasteiger partial charge in [0, 0.05) is 13.6 Å². The molecule has 1 aliphatic rings. The summed E-state index contributed by atoms with van der Waals surface area (Å²) in [6, 6.07) is 7.78. The fraction of sp³-hybridized carbons (Fsp3) is 0.381. The van der Waals surface area contributed by atoms with Gasteiger partial charge in [0.25, 0.3) is 10.0 Å². The first-order valence-electron chi connectivity index (χ1n) is 9.12. The van der Waals surface area contributed by atoms with Crippen molar-refractivity contribution in [3.63, 3.8) is 0 Å². The molecule has 0 bridgehead atoms. The summed E-state index contributed by atoms with van der Waals surface area (Å²) in [4.78, 5) is 4.50. The second-order valence-electron chi connectivity index (χ2n) is 6.18. The first-order valence-corrected chi connectivity index (χ1v) is 10.6. The van der Waals surface area contributed by atoms with E-state index in [2.05, 4.69) is 18.8 Å². The molecule has 2 rings (SSSR count). The molecule has 0 aliphatic heterocycles. The maximum atomic E-state index is 13.3. The Balaban J connectivity index is 2.46. The standard InChI is InChI=1S/C21H28N2O2S/c1-5-8-15-23(19-11-9-17(6-2)10-12-19)26(24,25)20-13-14-21(22-4)18(7-3)16-20/h7,9-14,16H,5-6,8,15H2,1-4H3/b18-7-,22-21?. The Morgan fingerprint density at radius 1 is 1.12 bits per heavy atom. The molecule has 0 amide bonds. The zero-order valence-corrected chi connectivity index (χ0v) is 16.9. The minimum atomic E-state index is -3.63. The molecule has 140 valence electrons. The molecule has 0 atom stereocenters. The SMILES string of the molecule is C/C=C1/C=C(S(=O)(=O)N(CCCC)c2ccc(CC)cc2)C=CC1=NC. The van der Waals surface area contributed by atoms with Gasteiger partial charge < -0.3 is 0 Å². The number of sulfonamides is 1. The van der Waals surface area contributed by atoms with Crippen LogP contribution in [0.25, 0.3) is 0 Å². The Labute approximate surface area is 157 Å². The van der Waals surface area contributed by atoms with Crippen molar-refractivity contribution < 1.29 is 8.42 Å². The minimum absolute atomic E-state index is 0.300. The fourth-order valence-corrected chi connectivity index (χ4v) is 4.38. The molecule has 0 spiro atoms. The number of unbranched alkanes of at least 4 members (excludes halogenated alkanes) is 1. The lowest BCUT2D eigenvalue weighted by atomic mass is 10.1. The van der Waals surface area contributed by atoms with E-state index >= 15 is 0 Å². The van der Waals surface area contributed by atoms with Crippen molar-refractivity contribution in [2.75, 3.05) is 17.9 Å². The van der Waals surface area contributed by atoms with E-state index in [0.29, 0.717) is 17.1 Å². The van der Waals surface area contributed by atoms with Crippen molar-refractivity contribution in [1.82, 2.24) is 0 Å². The molecule has 5 heteroatoms. The molecule has 1 aliphatic carbocycles. The first kappa shape index (κ1) is 20.2. The summed E-state index contributed by atoms with van der Waals surface area (Å²) in [5.41, 5.74) is 3.52. The average molecular weight is 373 g/mol. The number of hydrogen-bond acceptors (Lipinski definition) is 3. The van der Waals surface area contributed by atoms with E-state index in [4.69, 9.17) is 0 Å². The van der Waals surface area contributed by atoms with Gasteiger partial charge in [0.2, 0.25) is 0 Å². The quantitative estimate of drug-likeness (QED) is 0.699. The van der Waals surface area contributed by atoms with Gasteiger partial charge in [-0.3, -0.25) is 9.30 Å². The van der Waals surface area contributed by atoms with Gasteiger partial charge in [0.15, 0.2) is 0 Å². The summed E-state index contributed by atoms with van der Waals surface area (Å²) in [5.74, 6) is 0. The van der Waals surface area contributed by atoms with E-state index in [1.54, 1.807) is 25.3 Å². The van der Waals surface area contributed by atoms with Crippen LogP contribution in [0.1, 0.15) is 39.2 Å². The van der Waals surface area contributed by atoms with Crippen LogP contribution in [-0.4, -0.2) is 27.7 Å². The fourth-order valence-electron chi connectivity index (χ4n) is 2.84. The van der Waals surface area contributed by atoms with Gasteiger partial charge in [-0.25, -0.2) is 8.42 Å². The van der Waals surface area contributed by atoms with E-state index in [1.165, 1.54) is 9.87 Å². The Morgan fingerprint density at radius 2 is 1.81 bits per heavy atom. The molecule has 0 aromatic heterocycles. The van der Waals surface area contributed by atoms with Crippen molar-refractivity contribution >= 4 is 21.4 Å². The third kappa shape index (κ3) is 4.33. The Kier molecular flexibility index (Phi) is 6.98. The molecule has 0 unspecified atom stereocenters. The third-order valence-electron chi connectivity index (χ3n) is 4.49. The zero-order valence-electron chi connectivity index (χ0n) is 16.1. The summed E-state index contributed by atoms with van der Waals surface area (Å²) < 4.78 is 28.2. The van der Waals surface area contributed by atoms with Gasteiger partial charge >= 0.3 is 0 Å². The van der Waals surface area contributed by atoms with E-state index < -0.39 is 10.0 Å². The van der Waals surface area contributed by atoms with Crippen LogP contribution in [0.2, 0.25) is 0 Å². The maximum Gasteiger partial charge on any atom is 0.264 e. The number of allylic oxidation sites excluding steroid dienone is 5. The summed E-state index contributed by atoms with van der Waals surface area (Å²) >= 11 is 0. The predicted octanol–water partition coefficient (Wildman–Crippen LogP) is 4.66. The highest BCUT2D eigenvalue weighted by Gasteiger charge is 2.27. The van der Waals surface area contributed by atoms with E-state index in [-0.39, 0.29) is 0 Å². The second-order valence-corrected chi connectivity index (χ2v) is 8.05. The number of anilines is 1. The van der Waals surface area contributed by atoms with Crippen LogP contribution in [0, 0.1) is 0 Å². The van der Waals surface area contributed by atoms with Gasteiger partial charge in [-0.15, -0.1) is 0 Å². The summed E-state index contributed by atoms with van der Waals surface area (Å²) in [7, 11) is -1.92. The van der Waals surface area contributed by atoms with Crippen LogP contribution >= 0.6 is 0 Å². The average Bonchev–Trinajstić information content (AvgIpc) is 2.67. The highest BCUT2D eigenvalue weighted by Crippen LogP contribution is 2.27. The van der Waals surface area contributed by atoms with Crippen molar-refractivity contribution in [3.8, 4) is 0 Å². The number of rotatable bonds is 7. The van der Waals surface area contributed by atoms with Crippen LogP contribution in [-0.2, 0) is 16.4 Å². The molecule has 0 radical (unpaired) electrons. The number of aryl methyl sites for hydroxylation is 1. The molecule has 4 nitrogen and oxygen atoms in total. The summed E-state index contributed by atoms with van der Waals surface area (Å²) in [6.45, 7) is 6.50. The first-order chi connectivity index (χ1) is 12.5. The largest absolute Gasteiger partial charge is 0.288 e. The molecular weight excluding hydrogens is 344 g/mol. The number of nitrogens with zero attached hydrogens (tertiary/aromatic N) is 2. The van der Waals surface area contributed by atoms with Crippen molar-refractivity contribution in [1.29, 1.82) is 0 Å². The van der Waals surface area contributed by atoms with Gasteiger partial charge in [-0.1, -0.05) is 38.5 Å². The zero-order chi connectivity index (χ0) is 19.2. The molecule has 0 heterocycles. The molecule has 0 N–H and O–H groups in total. The third-order valence-corrected chi connectivity index (χ3v) is 6.31. The Bertz CT molecular complexity index is 845. The van der Waals surface area contributed by atoms with Crippen molar-refractivity contribution in [2.45, 2.75) is 40.0 Å². The smallest absolute Gasteiger partial charge is 0.264 e. The lowest BCUT2D eigenvalue weighted by molar-refractivity contribution is 0.595. The lowest BCUT2D eigenvalue weighted by Crippen LogP contribution is -2.33. The lowest BCUT2D eigenvalue weighted by Gasteiger charge is -2.26. The topological polar surface area (TPSA) is 49.7 Å². The summed E-state index contributed by atoms with van der Waals surface area (Å²) in [6.07, 6.45) is 9.67. The minimum Gasteiger partial charge on any atom is -0.288 e. The molecule has 0 saturated heterocycles. The normalized spacial score (nSPS) is 17.6. The van der Waals surface area contributed by atoms with Crippen molar-refractivity contribution in [3.05, 3.63) is 64.6 Å². The molecule has 0 fully saturated rings. The van der Waals surface area contributed by atoms with Gasteiger partial charge in [0.05, 0.1) is 16.3 Å². The Morgan fingerprint density at radius 3 is 2.35 bits per heavy atom. The van der Waals surface area contributed by atoms with Crippen LogP contribution in [0.15, 0.2) is 64.0 Å². The number of hydrogen-bond donors (Lipinski definition) is 0. The molecule has 26 heavy (non-hydrogen) atoms. The Hall–Kier alpha value is -2.14. The monoisotopic (exact) mass is 372 g/mol. The highest BCUT2D eigenvalue weighted by molar-refractivity contribution is 7.96. The summed E-state index contributed by atoms with van der Waals surface area (Å²) in [5, 5.41) is 0. The molecule has 1 aromatic carbocycles. The van der Waals surface area contributed by atoms with Gasteiger partial charge in [-0.05, 0) is 61.3 Å². The maximum absolute atomic E-state index is 13.3. The predicted molar refractivity (Wildman–Crippen MR) is 111 cm³/mol. The van der Waals surface area contributed by atoms with Crippen LogP contribution in [0.4, 0.5) is 5.69 Å². The van der Waals surface area contributed by atoms with Crippen molar-refractivity contribution in [2.24, 2.45) is 4.99 Å². The highest BCUT2D eigenvalue weighted by atomic mass is 32.2. The van der Waals surface area contributed by atoms with Crippen LogP contribution in [0.5, 0.6) is 0 Å². The van der Waals surface area contributed by atoms with Crippen LogP contribution in [0.3, 0.4) is 0 Å². The molecular formula is C21H28N2O2S. The van der Waals surface area contributed by atoms with E-state index in [0.717, 1.165) is 30.5 Å². The van der Waals surface area contributed by atoms with Crippen LogP contribution < -0.4 is 4.31 Å². The van der Waals surface area contributed by atoms with Gasteiger partial charge in [0.1, 0.15) is 0 Å². The van der Waals surface area contributed by atoms with Gasteiger partial charge in [-0.2, -0.15) is 0 Å². The molecule has 1 aromatic rings. The molecule has 0 saturated carbocycles.